The van der Waals surface area contributed by atoms with E-state index in [9.17, 15) is 4.79 Å². The highest BCUT2D eigenvalue weighted by Crippen LogP contribution is 2.28. The van der Waals surface area contributed by atoms with Gasteiger partial charge in [-0.25, -0.2) is 4.79 Å². The lowest BCUT2D eigenvalue weighted by atomic mass is 9.99. The highest BCUT2D eigenvalue weighted by atomic mass is 16.7. The standard InChI is InChI=1S/C26H33NO6/c1-6-31-23-22(29-4)18(3)32-25(24(23)30-5)33-26(28)27-21-15-13-20(14-16-21)12-11-19-9-7-17(2)8-10-19/h7-16,18,22-25H,6H2,1-5H3,(H,27,28)/b12-11+/t18-,22-,23+,24+,25-/m0/s1. The van der Waals surface area contributed by atoms with Crippen molar-refractivity contribution in [1.29, 1.82) is 0 Å². The number of carbonyl (C=O) groups is 1. The predicted molar refractivity (Wildman–Crippen MR) is 128 cm³/mol. The van der Waals surface area contributed by atoms with Crippen molar-refractivity contribution in [2.75, 3.05) is 26.1 Å². The second-order valence-electron chi connectivity index (χ2n) is 7.93. The molecule has 2 aromatic carbocycles. The third-order valence-corrected chi connectivity index (χ3v) is 5.56. The SMILES string of the molecule is CCO[C@@H]1[C@@H](OC)[C@H](C)O[C@@H](OC(=O)Nc2ccc(/C=C/c3ccc(C)cc3)cc2)[C@@H]1OC. The lowest BCUT2D eigenvalue weighted by molar-refractivity contribution is -0.292. The number of ether oxygens (including phenoxy) is 5. The number of amides is 1. The number of hydrogen-bond acceptors (Lipinski definition) is 6. The first-order chi connectivity index (χ1) is 15.9. The van der Waals surface area contributed by atoms with Crippen molar-refractivity contribution in [2.24, 2.45) is 0 Å². The van der Waals surface area contributed by atoms with Gasteiger partial charge in [0.2, 0.25) is 6.29 Å². The molecule has 7 heteroatoms. The molecule has 1 amide bonds. The molecule has 7 nitrogen and oxygen atoms in total. The average molecular weight is 456 g/mol. The van der Waals surface area contributed by atoms with Crippen LogP contribution in [0.3, 0.4) is 0 Å². The maximum absolute atomic E-state index is 12.5. The van der Waals surface area contributed by atoms with Gasteiger partial charge in [0.15, 0.2) is 0 Å². The summed E-state index contributed by atoms with van der Waals surface area (Å²) in [6, 6.07) is 15.8. The van der Waals surface area contributed by atoms with E-state index in [4.69, 9.17) is 23.7 Å². The highest BCUT2D eigenvalue weighted by Gasteiger charge is 2.47. The van der Waals surface area contributed by atoms with Gasteiger partial charge in [-0.2, -0.15) is 0 Å². The summed E-state index contributed by atoms with van der Waals surface area (Å²) in [5.74, 6) is 0. The third kappa shape index (κ3) is 6.65. The van der Waals surface area contributed by atoms with E-state index in [2.05, 4.69) is 36.5 Å². The van der Waals surface area contributed by atoms with Gasteiger partial charge in [-0.3, -0.25) is 5.32 Å². The lowest BCUT2D eigenvalue weighted by Crippen LogP contribution is -2.60. The number of nitrogens with one attached hydrogen (secondary N) is 1. The summed E-state index contributed by atoms with van der Waals surface area (Å²) in [6.45, 7) is 6.28. The molecule has 1 heterocycles. The number of aryl methyl sites for hydroxylation is 1. The summed E-state index contributed by atoms with van der Waals surface area (Å²) in [6.07, 6.45) is 0.789. The Balaban J connectivity index is 1.59. The Morgan fingerprint density at radius 2 is 1.52 bits per heavy atom. The van der Waals surface area contributed by atoms with E-state index in [1.807, 2.05) is 50.3 Å². The Morgan fingerprint density at radius 3 is 2.06 bits per heavy atom. The highest BCUT2D eigenvalue weighted by molar-refractivity contribution is 5.85. The molecule has 0 radical (unpaired) electrons. The molecule has 1 saturated heterocycles. The van der Waals surface area contributed by atoms with E-state index < -0.39 is 24.6 Å². The summed E-state index contributed by atoms with van der Waals surface area (Å²) < 4.78 is 28.3. The van der Waals surface area contributed by atoms with Crippen molar-refractivity contribution in [3.63, 3.8) is 0 Å². The number of carbonyl (C=O) groups excluding carboxylic acids is 1. The van der Waals surface area contributed by atoms with Gasteiger partial charge in [0.05, 0.1) is 6.10 Å². The van der Waals surface area contributed by atoms with E-state index in [1.165, 1.54) is 12.7 Å². The molecular weight excluding hydrogens is 422 g/mol. The average Bonchev–Trinajstić information content (AvgIpc) is 2.80. The zero-order valence-electron chi connectivity index (χ0n) is 19.8. The zero-order chi connectivity index (χ0) is 23.8. The van der Waals surface area contributed by atoms with Crippen molar-refractivity contribution < 1.29 is 28.5 Å². The molecule has 178 valence electrons. The van der Waals surface area contributed by atoms with Crippen molar-refractivity contribution >= 4 is 23.9 Å². The molecule has 1 N–H and O–H groups in total. The molecule has 2 aromatic rings. The maximum atomic E-state index is 12.5. The maximum Gasteiger partial charge on any atom is 0.414 e. The van der Waals surface area contributed by atoms with Crippen LogP contribution in [0.1, 0.15) is 30.5 Å². The van der Waals surface area contributed by atoms with Crippen LogP contribution >= 0.6 is 0 Å². The monoisotopic (exact) mass is 455 g/mol. The predicted octanol–water partition coefficient (Wildman–Crippen LogP) is 4.89. The molecule has 0 aliphatic carbocycles. The second kappa shape index (κ2) is 12.0. The number of benzene rings is 2. The van der Waals surface area contributed by atoms with E-state index in [-0.39, 0.29) is 12.2 Å². The van der Waals surface area contributed by atoms with E-state index in [1.54, 1.807) is 7.11 Å². The van der Waals surface area contributed by atoms with Crippen LogP contribution in [0.15, 0.2) is 48.5 Å². The van der Waals surface area contributed by atoms with Crippen LogP contribution in [0.5, 0.6) is 0 Å². The summed E-state index contributed by atoms with van der Waals surface area (Å²) in [4.78, 5) is 12.5. The molecule has 0 aromatic heterocycles. The van der Waals surface area contributed by atoms with Crippen molar-refractivity contribution in [3.8, 4) is 0 Å². The van der Waals surface area contributed by atoms with E-state index >= 15 is 0 Å². The second-order valence-corrected chi connectivity index (χ2v) is 7.93. The first kappa shape index (κ1) is 24.9. The molecule has 0 spiro atoms. The van der Waals surface area contributed by atoms with Crippen LogP contribution in [-0.2, 0) is 23.7 Å². The minimum absolute atomic E-state index is 0.335. The molecule has 1 fully saturated rings. The van der Waals surface area contributed by atoms with Gasteiger partial charge in [0.25, 0.3) is 0 Å². The van der Waals surface area contributed by atoms with E-state index in [0.29, 0.717) is 12.3 Å². The molecule has 1 aliphatic rings. The minimum Gasteiger partial charge on any atom is -0.416 e. The molecule has 0 bridgehead atoms. The number of methoxy groups -OCH3 is 2. The quantitative estimate of drug-likeness (QED) is 0.571. The van der Waals surface area contributed by atoms with Crippen molar-refractivity contribution in [1.82, 2.24) is 0 Å². The zero-order valence-corrected chi connectivity index (χ0v) is 19.8. The molecule has 3 rings (SSSR count). The van der Waals surface area contributed by atoms with Crippen LogP contribution in [-0.4, -0.2) is 57.6 Å². The van der Waals surface area contributed by atoms with Crippen LogP contribution in [0.25, 0.3) is 12.2 Å². The fourth-order valence-electron chi connectivity index (χ4n) is 3.82. The summed E-state index contributed by atoms with van der Waals surface area (Å²) in [7, 11) is 3.12. The van der Waals surface area contributed by atoms with Gasteiger partial charge in [-0.15, -0.1) is 0 Å². The normalized spacial score (nSPS) is 25.2. The van der Waals surface area contributed by atoms with Crippen molar-refractivity contribution in [3.05, 3.63) is 65.2 Å². The summed E-state index contributed by atoms with van der Waals surface area (Å²) in [5, 5.41) is 2.74. The summed E-state index contributed by atoms with van der Waals surface area (Å²) in [5.41, 5.74) is 3.98. The molecule has 1 aliphatic heterocycles. The molecule has 0 unspecified atom stereocenters. The fraction of sp³-hybridized carbons (Fsp3) is 0.423. The Morgan fingerprint density at radius 1 is 0.939 bits per heavy atom. The number of hydrogen-bond donors (Lipinski definition) is 1. The van der Waals surface area contributed by atoms with Crippen LogP contribution < -0.4 is 5.32 Å². The summed E-state index contributed by atoms with van der Waals surface area (Å²) >= 11 is 0. The smallest absolute Gasteiger partial charge is 0.414 e. The molecule has 33 heavy (non-hydrogen) atoms. The van der Waals surface area contributed by atoms with Gasteiger partial charge in [0, 0.05) is 26.5 Å². The number of anilines is 1. The molecule has 0 saturated carbocycles. The minimum atomic E-state index is -0.926. The topological polar surface area (TPSA) is 75.2 Å². The van der Waals surface area contributed by atoms with Gasteiger partial charge < -0.3 is 23.7 Å². The van der Waals surface area contributed by atoms with Gasteiger partial charge in [0.1, 0.15) is 18.3 Å². The Bertz CT molecular complexity index is 911. The largest absolute Gasteiger partial charge is 0.416 e. The Labute approximate surface area is 195 Å². The van der Waals surface area contributed by atoms with Crippen molar-refractivity contribution in [2.45, 2.75) is 51.5 Å². The first-order valence-corrected chi connectivity index (χ1v) is 11.1. The van der Waals surface area contributed by atoms with Crippen LogP contribution in [0.4, 0.5) is 10.5 Å². The first-order valence-electron chi connectivity index (χ1n) is 11.1. The van der Waals surface area contributed by atoms with E-state index in [0.717, 1.165) is 11.1 Å². The third-order valence-electron chi connectivity index (χ3n) is 5.56. The molecular formula is C26H33NO6. The Hall–Kier alpha value is -2.71. The fourth-order valence-corrected chi connectivity index (χ4v) is 3.82. The Kier molecular flexibility index (Phi) is 9.03. The number of rotatable bonds is 8. The van der Waals surface area contributed by atoms with Gasteiger partial charge in [-0.1, -0.05) is 54.1 Å². The van der Waals surface area contributed by atoms with Gasteiger partial charge >= 0.3 is 6.09 Å². The molecule has 5 atom stereocenters. The van der Waals surface area contributed by atoms with Crippen LogP contribution in [0.2, 0.25) is 0 Å². The lowest BCUT2D eigenvalue weighted by Gasteiger charge is -2.43. The van der Waals surface area contributed by atoms with Gasteiger partial charge in [-0.05, 0) is 44.0 Å². The van der Waals surface area contributed by atoms with Crippen LogP contribution in [0, 0.1) is 6.92 Å².